The number of benzene rings is 1. The molecular formula is C26H27ClN6O3. The number of hydrogen-bond acceptors (Lipinski definition) is 4. The maximum absolute atomic E-state index is 13.3. The van der Waals surface area contributed by atoms with Crippen LogP contribution in [0, 0.1) is 5.92 Å². The van der Waals surface area contributed by atoms with E-state index in [-0.39, 0.29) is 11.9 Å². The van der Waals surface area contributed by atoms with Crippen molar-refractivity contribution in [2.45, 2.75) is 38.8 Å². The number of carbonyl (C=O) groups excluding carboxylic acids is 1. The quantitative estimate of drug-likeness (QED) is 0.379. The number of aryl methyl sites for hydroxylation is 1. The van der Waals surface area contributed by atoms with Crippen molar-refractivity contribution in [3.05, 3.63) is 46.6 Å². The Morgan fingerprint density at radius 3 is 2.81 bits per heavy atom. The van der Waals surface area contributed by atoms with Gasteiger partial charge in [0.05, 0.1) is 16.7 Å². The molecule has 1 aromatic carbocycles. The second kappa shape index (κ2) is 8.51. The highest BCUT2D eigenvalue weighted by Gasteiger charge is 2.29. The summed E-state index contributed by atoms with van der Waals surface area (Å²) in [5.41, 5.74) is 5.21. The number of halogens is 1. The zero-order valence-corrected chi connectivity index (χ0v) is 20.9. The lowest BCUT2D eigenvalue weighted by atomic mass is 9.97. The van der Waals surface area contributed by atoms with Crippen LogP contribution in [0.2, 0.25) is 5.15 Å². The average Bonchev–Trinajstić information content (AvgIpc) is 3.51. The van der Waals surface area contributed by atoms with Gasteiger partial charge in [0, 0.05) is 43.7 Å². The van der Waals surface area contributed by atoms with Crippen molar-refractivity contribution in [1.29, 1.82) is 0 Å². The molecule has 0 radical (unpaired) electrons. The van der Waals surface area contributed by atoms with Gasteiger partial charge in [0.15, 0.2) is 5.82 Å². The number of nitrogens with one attached hydrogen (secondary N) is 1. The Kier molecular flexibility index (Phi) is 5.40. The Balaban J connectivity index is 1.40. The summed E-state index contributed by atoms with van der Waals surface area (Å²) in [5.74, 6) is 1.38. The van der Waals surface area contributed by atoms with Crippen LogP contribution in [-0.2, 0) is 20.0 Å². The molecule has 0 saturated heterocycles. The van der Waals surface area contributed by atoms with Gasteiger partial charge in [-0.2, -0.15) is 0 Å². The van der Waals surface area contributed by atoms with Gasteiger partial charge in [-0.15, -0.1) is 0 Å². The normalized spacial score (nSPS) is 16.5. The molecule has 2 aliphatic rings. The minimum atomic E-state index is -1.09. The first-order valence-electron chi connectivity index (χ1n) is 12.2. The number of carbonyl (C=O) groups is 2. The zero-order valence-electron chi connectivity index (χ0n) is 20.2. The summed E-state index contributed by atoms with van der Waals surface area (Å²) >= 11 is 6.23. The average molecular weight is 507 g/mol. The van der Waals surface area contributed by atoms with Crippen molar-refractivity contribution in [3.8, 4) is 11.5 Å². The molecule has 10 heteroatoms. The number of fused-ring (bicyclic) bond motifs is 3. The third-order valence-electron chi connectivity index (χ3n) is 7.22. The third-order valence-corrected chi connectivity index (χ3v) is 7.43. The SMILES string of the molecule is CC(CN1CCc2cc3c(cc2C1=O)nc(-c1cc2ccc(Cl)nc2n1CC1CC1)n3C)NC(=O)O. The van der Waals surface area contributed by atoms with E-state index in [0.717, 1.165) is 45.7 Å². The lowest BCUT2D eigenvalue weighted by molar-refractivity contribution is 0.0723. The maximum Gasteiger partial charge on any atom is 0.404 e. The van der Waals surface area contributed by atoms with E-state index in [1.54, 1.807) is 11.8 Å². The molecule has 4 heterocycles. The van der Waals surface area contributed by atoms with Gasteiger partial charge in [0.25, 0.3) is 5.91 Å². The second-order valence-corrected chi connectivity index (χ2v) is 10.4. The fourth-order valence-corrected chi connectivity index (χ4v) is 5.38. The number of carboxylic acid groups (broad SMARTS) is 1. The maximum atomic E-state index is 13.3. The first-order chi connectivity index (χ1) is 17.3. The number of hydrogen-bond donors (Lipinski definition) is 2. The molecule has 1 aliphatic carbocycles. The highest BCUT2D eigenvalue weighted by atomic mass is 35.5. The fourth-order valence-electron chi connectivity index (χ4n) is 5.24. The molecular weight excluding hydrogens is 480 g/mol. The van der Waals surface area contributed by atoms with E-state index in [2.05, 4.69) is 31.6 Å². The van der Waals surface area contributed by atoms with E-state index < -0.39 is 6.09 Å². The summed E-state index contributed by atoms with van der Waals surface area (Å²) in [7, 11) is 2.01. The van der Waals surface area contributed by atoms with Crippen LogP contribution in [0.5, 0.6) is 0 Å². The van der Waals surface area contributed by atoms with Crippen LogP contribution in [0.3, 0.4) is 0 Å². The summed E-state index contributed by atoms with van der Waals surface area (Å²) in [6.07, 6.45) is 2.05. The van der Waals surface area contributed by atoms with Gasteiger partial charge in [-0.25, -0.2) is 14.8 Å². The largest absolute Gasteiger partial charge is 0.465 e. The topological polar surface area (TPSA) is 105 Å². The summed E-state index contributed by atoms with van der Waals surface area (Å²) in [5, 5.41) is 12.9. The van der Waals surface area contributed by atoms with Crippen LogP contribution in [0.25, 0.3) is 33.6 Å². The zero-order chi connectivity index (χ0) is 25.1. The van der Waals surface area contributed by atoms with Crippen molar-refractivity contribution < 1.29 is 14.7 Å². The first-order valence-corrected chi connectivity index (χ1v) is 12.6. The molecule has 9 nitrogen and oxygen atoms in total. The molecule has 1 aliphatic heterocycles. The number of rotatable bonds is 6. The van der Waals surface area contributed by atoms with Gasteiger partial charge >= 0.3 is 6.09 Å². The molecule has 1 unspecified atom stereocenters. The Hall–Kier alpha value is -3.59. The molecule has 1 saturated carbocycles. The fraction of sp³-hybridized carbons (Fsp3) is 0.385. The Morgan fingerprint density at radius 2 is 2.06 bits per heavy atom. The second-order valence-electron chi connectivity index (χ2n) is 9.97. The molecule has 2 amide bonds. The molecule has 1 fully saturated rings. The molecule has 36 heavy (non-hydrogen) atoms. The van der Waals surface area contributed by atoms with Gasteiger partial charge in [0.2, 0.25) is 0 Å². The van der Waals surface area contributed by atoms with Crippen molar-refractivity contribution in [3.63, 3.8) is 0 Å². The Bertz CT molecular complexity index is 1540. The van der Waals surface area contributed by atoms with E-state index >= 15 is 0 Å². The number of aromatic nitrogens is 4. The summed E-state index contributed by atoms with van der Waals surface area (Å²) in [6.45, 7) is 3.51. The van der Waals surface area contributed by atoms with E-state index in [1.807, 2.05) is 25.2 Å². The van der Waals surface area contributed by atoms with Crippen LogP contribution in [0.1, 0.15) is 35.7 Å². The van der Waals surface area contributed by atoms with E-state index in [0.29, 0.717) is 36.1 Å². The minimum absolute atomic E-state index is 0.0916. The van der Waals surface area contributed by atoms with E-state index in [9.17, 15) is 9.59 Å². The van der Waals surface area contributed by atoms with Crippen LogP contribution in [-0.4, -0.2) is 60.2 Å². The first kappa shape index (κ1) is 22.8. The van der Waals surface area contributed by atoms with Gasteiger partial charge in [-0.05, 0) is 68.0 Å². The van der Waals surface area contributed by atoms with Crippen LogP contribution in [0.15, 0.2) is 30.3 Å². The lowest BCUT2D eigenvalue weighted by Crippen LogP contribution is -2.46. The lowest BCUT2D eigenvalue weighted by Gasteiger charge is -2.30. The Morgan fingerprint density at radius 1 is 1.25 bits per heavy atom. The highest BCUT2D eigenvalue weighted by Crippen LogP contribution is 2.36. The molecule has 3 aromatic heterocycles. The molecule has 186 valence electrons. The third kappa shape index (κ3) is 3.97. The van der Waals surface area contributed by atoms with Crippen molar-refractivity contribution in [2.75, 3.05) is 13.1 Å². The Labute approximate surface area is 212 Å². The monoisotopic (exact) mass is 506 g/mol. The smallest absolute Gasteiger partial charge is 0.404 e. The van der Waals surface area contributed by atoms with Crippen LogP contribution >= 0.6 is 11.6 Å². The molecule has 0 bridgehead atoms. The number of nitrogens with zero attached hydrogens (tertiary/aromatic N) is 5. The van der Waals surface area contributed by atoms with Gasteiger partial charge in [-0.3, -0.25) is 4.79 Å². The van der Waals surface area contributed by atoms with Crippen molar-refractivity contribution >= 4 is 45.7 Å². The van der Waals surface area contributed by atoms with E-state index in [1.165, 1.54) is 12.8 Å². The van der Waals surface area contributed by atoms with Crippen LogP contribution in [0.4, 0.5) is 4.79 Å². The van der Waals surface area contributed by atoms with E-state index in [4.69, 9.17) is 21.7 Å². The van der Waals surface area contributed by atoms with Crippen LogP contribution < -0.4 is 5.32 Å². The standard InChI is InChI=1S/C26H27ClN6O3/c1-14(28-26(35)36)12-32-8-7-16-9-20-19(11-18(16)25(32)34)29-24(31(20)2)21-10-17-5-6-22(27)30-23(17)33(21)13-15-3-4-15/h5-6,9-11,14-15,28H,3-4,7-8,12-13H2,1-2H3,(H,35,36). The summed E-state index contributed by atoms with van der Waals surface area (Å²) in [4.78, 5) is 35.5. The molecule has 6 rings (SSSR count). The highest BCUT2D eigenvalue weighted by molar-refractivity contribution is 6.29. The van der Waals surface area contributed by atoms with Gasteiger partial charge < -0.3 is 24.5 Å². The van der Waals surface area contributed by atoms with Crippen molar-refractivity contribution in [2.24, 2.45) is 13.0 Å². The molecule has 4 aromatic rings. The minimum Gasteiger partial charge on any atom is -0.465 e. The molecule has 0 spiro atoms. The number of amides is 2. The summed E-state index contributed by atoms with van der Waals surface area (Å²) in [6, 6.07) is 9.51. The number of pyridine rings is 1. The van der Waals surface area contributed by atoms with Gasteiger partial charge in [0.1, 0.15) is 10.8 Å². The molecule has 2 N–H and O–H groups in total. The predicted molar refractivity (Wildman–Crippen MR) is 137 cm³/mol. The predicted octanol–water partition coefficient (Wildman–Crippen LogP) is 4.31. The number of imidazole rings is 1. The summed E-state index contributed by atoms with van der Waals surface area (Å²) < 4.78 is 4.31. The van der Waals surface area contributed by atoms with Gasteiger partial charge in [-0.1, -0.05) is 11.6 Å². The molecule has 1 atom stereocenters. The van der Waals surface area contributed by atoms with Crippen molar-refractivity contribution in [1.82, 2.24) is 29.3 Å².